The highest BCUT2D eigenvalue weighted by Gasteiger charge is 2.68. The number of ether oxygens (including phenoxy) is 1. The van der Waals surface area contributed by atoms with E-state index in [2.05, 4.69) is 34.6 Å². The van der Waals surface area contributed by atoms with Gasteiger partial charge in [-0.2, -0.15) is 0 Å². The van der Waals surface area contributed by atoms with Gasteiger partial charge in [0.1, 0.15) is 11.6 Å². The van der Waals surface area contributed by atoms with Crippen molar-refractivity contribution in [1.82, 2.24) is 0 Å². The zero-order valence-electron chi connectivity index (χ0n) is 20.5. The molecular formula is C28H47NO. The Labute approximate surface area is 186 Å². The van der Waals surface area contributed by atoms with Crippen molar-refractivity contribution >= 4 is 6.40 Å². The summed E-state index contributed by atoms with van der Waals surface area (Å²) in [6.07, 6.45) is 19.1. The van der Waals surface area contributed by atoms with Gasteiger partial charge >= 0.3 is 0 Å². The number of hydrogen-bond acceptors (Lipinski definition) is 2. The highest BCUT2D eigenvalue weighted by molar-refractivity contribution is 5.53. The molecule has 0 amide bonds. The van der Waals surface area contributed by atoms with Crippen LogP contribution in [0.4, 0.5) is 0 Å². The second kappa shape index (κ2) is 7.51. The quantitative estimate of drug-likeness (QED) is 0.453. The molecule has 170 valence electrons. The molecule has 0 aromatic heterocycles. The first-order chi connectivity index (χ1) is 14.3. The second-order valence-corrected chi connectivity index (χ2v) is 13.1. The molecule has 2 nitrogen and oxygen atoms in total. The minimum Gasteiger partial charge on any atom is -0.478 e. The molecule has 5 aliphatic rings. The van der Waals surface area contributed by atoms with Gasteiger partial charge in [-0.05, 0) is 91.3 Å². The van der Waals surface area contributed by atoms with Gasteiger partial charge in [0.25, 0.3) is 0 Å². The van der Waals surface area contributed by atoms with E-state index in [1.807, 2.05) is 6.40 Å². The van der Waals surface area contributed by atoms with Crippen molar-refractivity contribution in [2.75, 3.05) is 0 Å². The zero-order chi connectivity index (χ0) is 21.1. The number of hydrogen-bond donors (Lipinski definition) is 0. The predicted octanol–water partition coefficient (Wildman–Crippen LogP) is 7.66. The van der Waals surface area contributed by atoms with E-state index in [9.17, 15) is 0 Å². The van der Waals surface area contributed by atoms with E-state index in [-0.39, 0.29) is 5.54 Å². The maximum atomic E-state index is 6.27. The third kappa shape index (κ3) is 2.90. The van der Waals surface area contributed by atoms with Gasteiger partial charge in [-0.25, -0.2) is 4.99 Å². The van der Waals surface area contributed by atoms with Gasteiger partial charge < -0.3 is 4.74 Å². The Hall–Kier alpha value is -0.530. The fraction of sp³-hybridized carbons (Fsp3) is 0.964. The maximum absolute atomic E-state index is 6.27. The Morgan fingerprint density at radius 1 is 0.967 bits per heavy atom. The number of aliphatic imine (C=N–C) groups is 1. The summed E-state index contributed by atoms with van der Waals surface area (Å²) in [4.78, 5) is 5.12. The van der Waals surface area contributed by atoms with E-state index in [1.54, 1.807) is 0 Å². The van der Waals surface area contributed by atoms with E-state index in [0.717, 1.165) is 35.5 Å². The smallest absolute Gasteiger partial charge is 0.170 e. The molecule has 5 rings (SSSR count). The molecule has 1 spiro atoms. The van der Waals surface area contributed by atoms with Crippen molar-refractivity contribution in [1.29, 1.82) is 0 Å². The Bertz CT molecular complexity index is 672. The number of nitrogens with zero attached hydrogens (tertiary/aromatic N) is 1. The fourth-order valence-electron chi connectivity index (χ4n) is 9.96. The summed E-state index contributed by atoms with van der Waals surface area (Å²) in [5, 5.41) is 0. The standard InChI is InChI=1S/C28H47NO/c1-19(2)9-8-10-20(3)22-11-12-23-21-17-25-28(29-18-30-25)15-7-6-14-27(28,5)24(21)13-16-26(22,23)4/h18-25H,6-17H2,1-5H3/t20-,21+,22-,23+,24+,25?,26-,27-,28?/m1/s1. The summed E-state index contributed by atoms with van der Waals surface area (Å²) in [6, 6.07) is 0. The van der Waals surface area contributed by atoms with Crippen molar-refractivity contribution in [3.05, 3.63) is 0 Å². The molecule has 0 bridgehead atoms. The minimum atomic E-state index is 0.113. The van der Waals surface area contributed by atoms with Gasteiger partial charge in [0.15, 0.2) is 6.40 Å². The van der Waals surface area contributed by atoms with Crippen LogP contribution in [-0.4, -0.2) is 18.0 Å². The van der Waals surface area contributed by atoms with Crippen molar-refractivity contribution in [2.45, 2.75) is 123 Å². The lowest BCUT2D eigenvalue weighted by Gasteiger charge is -2.64. The molecule has 0 radical (unpaired) electrons. The van der Waals surface area contributed by atoms with Gasteiger partial charge in [-0.3, -0.25) is 0 Å². The molecule has 0 N–H and O–H groups in total. The van der Waals surface area contributed by atoms with Crippen LogP contribution in [0.5, 0.6) is 0 Å². The molecule has 2 unspecified atom stereocenters. The first-order valence-electron chi connectivity index (χ1n) is 13.5. The molecule has 9 atom stereocenters. The van der Waals surface area contributed by atoms with E-state index in [1.165, 1.54) is 77.0 Å². The fourth-order valence-corrected chi connectivity index (χ4v) is 9.96. The van der Waals surface area contributed by atoms with Crippen LogP contribution in [0.1, 0.15) is 112 Å². The first-order valence-corrected chi connectivity index (χ1v) is 13.5. The van der Waals surface area contributed by atoms with Crippen molar-refractivity contribution < 1.29 is 4.74 Å². The summed E-state index contributed by atoms with van der Waals surface area (Å²) in [6.45, 7) is 12.7. The third-order valence-electron chi connectivity index (χ3n) is 11.5. The maximum Gasteiger partial charge on any atom is 0.170 e. The lowest BCUT2D eigenvalue weighted by atomic mass is 9.41. The van der Waals surface area contributed by atoms with Gasteiger partial charge in [0, 0.05) is 0 Å². The molecular weight excluding hydrogens is 366 g/mol. The predicted molar refractivity (Wildman–Crippen MR) is 126 cm³/mol. The largest absolute Gasteiger partial charge is 0.478 e. The monoisotopic (exact) mass is 413 g/mol. The van der Waals surface area contributed by atoms with Crippen LogP contribution < -0.4 is 0 Å². The van der Waals surface area contributed by atoms with Crippen LogP contribution in [0.25, 0.3) is 0 Å². The lowest BCUT2D eigenvalue weighted by Crippen LogP contribution is -2.65. The van der Waals surface area contributed by atoms with Crippen LogP contribution in [0.15, 0.2) is 4.99 Å². The van der Waals surface area contributed by atoms with E-state index >= 15 is 0 Å². The average molecular weight is 414 g/mol. The van der Waals surface area contributed by atoms with E-state index in [4.69, 9.17) is 9.73 Å². The summed E-state index contributed by atoms with van der Waals surface area (Å²) in [5.41, 5.74) is 1.05. The molecule has 1 heterocycles. The first kappa shape index (κ1) is 21.3. The van der Waals surface area contributed by atoms with Gasteiger partial charge in [0.2, 0.25) is 0 Å². The molecule has 4 saturated carbocycles. The highest BCUT2D eigenvalue weighted by Crippen LogP contribution is 2.70. The van der Waals surface area contributed by atoms with Crippen molar-refractivity contribution in [3.8, 4) is 0 Å². The zero-order valence-corrected chi connectivity index (χ0v) is 20.5. The summed E-state index contributed by atoms with van der Waals surface area (Å²) in [7, 11) is 0. The Balaban J connectivity index is 1.37. The minimum absolute atomic E-state index is 0.113. The summed E-state index contributed by atoms with van der Waals surface area (Å²) >= 11 is 0. The number of fused-ring (bicyclic) bond motifs is 4. The molecule has 4 aliphatic carbocycles. The molecule has 0 aromatic carbocycles. The molecule has 0 saturated heterocycles. The Morgan fingerprint density at radius 2 is 1.77 bits per heavy atom. The average Bonchev–Trinajstić information content (AvgIpc) is 3.26. The van der Waals surface area contributed by atoms with Crippen molar-refractivity contribution in [2.24, 2.45) is 51.3 Å². The normalized spacial score (nSPS) is 50.4. The van der Waals surface area contributed by atoms with Crippen LogP contribution >= 0.6 is 0 Å². The van der Waals surface area contributed by atoms with E-state index in [0.29, 0.717) is 16.9 Å². The van der Waals surface area contributed by atoms with Gasteiger partial charge in [-0.1, -0.05) is 66.7 Å². The van der Waals surface area contributed by atoms with Crippen LogP contribution in [0.2, 0.25) is 0 Å². The number of rotatable bonds is 5. The van der Waals surface area contributed by atoms with Gasteiger partial charge in [-0.15, -0.1) is 0 Å². The second-order valence-electron chi connectivity index (χ2n) is 13.1. The lowest BCUT2D eigenvalue weighted by molar-refractivity contribution is -0.156. The molecule has 1 aliphatic heterocycles. The Morgan fingerprint density at radius 3 is 2.57 bits per heavy atom. The molecule has 30 heavy (non-hydrogen) atoms. The molecule has 0 aromatic rings. The van der Waals surface area contributed by atoms with Crippen LogP contribution in [0, 0.1) is 46.3 Å². The Kier molecular flexibility index (Phi) is 5.34. The van der Waals surface area contributed by atoms with Crippen molar-refractivity contribution in [3.63, 3.8) is 0 Å². The van der Waals surface area contributed by atoms with Gasteiger partial charge in [0.05, 0.1) is 0 Å². The molecule has 4 fully saturated rings. The van der Waals surface area contributed by atoms with E-state index < -0.39 is 0 Å². The highest BCUT2D eigenvalue weighted by atomic mass is 16.5. The summed E-state index contributed by atoms with van der Waals surface area (Å²) in [5.74, 6) is 5.37. The van der Waals surface area contributed by atoms with Crippen LogP contribution in [-0.2, 0) is 4.74 Å². The summed E-state index contributed by atoms with van der Waals surface area (Å²) < 4.78 is 6.27. The SMILES string of the molecule is CC(C)CCC[C@@H](C)[C@H]1CC[C@H]2[C@@H]3CC4OC=NC45CCCC[C@]5(C)[C@H]3CC[C@]12C. The molecule has 2 heteroatoms. The van der Waals surface area contributed by atoms with Crippen LogP contribution in [0.3, 0.4) is 0 Å². The topological polar surface area (TPSA) is 21.6 Å². The third-order valence-corrected chi connectivity index (χ3v) is 11.5.